The van der Waals surface area contributed by atoms with Crippen molar-refractivity contribution in [2.24, 2.45) is 0 Å². The molecular formula is C19H24N2O4S2. The number of carbonyl (C=O) groups is 1. The second-order valence-corrected chi connectivity index (χ2v) is 8.64. The van der Waals surface area contributed by atoms with Gasteiger partial charge in [0.1, 0.15) is 11.8 Å². The molecule has 2 aromatic carbocycles. The Morgan fingerprint density at radius 3 is 2.52 bits per heavy atom. The topological polar surface area (TPSA) is 75.7 Å². The zero-order chi connectivity index (χ0) is 20.0. The lowest BCUT2D eigenvalue weighted by atomic mass is 10.1. The van der Waals surface area contributed by atoms with E-state index in [0.717, 1.165) is 15.5 Å². The summed E-state index contributed by atoms with van der Waals surface area (Å²) in [5.41, 5.74) is 1.01. The van der Waals surface area contributed by atoms with Crippen LogP contribution in [0.3, 0.4) is 0 Å². The van der Waals surface area contributed by atoms with Crippen LogP contribution in [-0.4, -0.2) is 40.0 Å². The Balaban J connectivity index is 2.38. The lowest BCUT2D eigenvalue weighted by Crippen LogP contribution is -2.47. The first-order valence-corrected chi connectivity index (χ1v) is 11.5. The van der Waals surface area contributed by atoms with E-state index in [0.29, 0.717) is 23.5 Å². The average Bonchev–Trinajstić information content (AvgIpc) is 2.64. The third-order valence-corrected chi connectivity index (χ3v) is 5.88. The largest absolute Gasteiger partial charge is 0.497 e. The molecule has 6 nitrogen and oxygen atoms in total. The van der Waals surface area contributed by atoms with E-state index in [9.17, 15) is 13.2 Å². The predicted molar refractivity (Wildman–Crippen MR) is 111 cm³/mol. The normalized spacial score (nSPS) is 12.3. The van der Waals surface area contributed by atoms with Crippen LogP contribution in [0.15, 0.2) is 53.4 Å². The molecule has 0 bridgehead atoms. The van der Waals surface area contributed by atoms with Crippen molar-refractivity contribution >= 4 is 39.1 Å². The first kappa shape index (κ1) is 21.1. The standard InChI is InChI=1S/C19H24N2O4S2/c1-5-18(19(22)20-14-8-6-11-17(12-14)26-3)21(27(4,23)24)15-9-7-10-16(13-15)25-2/h6-13,18H,5H2,1-4H3,(H,20,22)/t18-/m0/s1. The molecule has 0 aromatic heterocycles. The summed E-state index contributed by atoms with van der Waals surface area (Å²) >= 11 is 1.56. The highest BCUT2D eigenvalue weighted by molar-refractivity contribution is 7.98. The molecular weight excluding hydrogens is 384 g/mol. The number of nitrogens with zero attached hydrogens (tertiary/aromatic N) is 1. The number of nitrogens with one attached hydrogen (secondary N) is 1. The van der Waals surface area contributed by atoms with Crippen LogP contribution in [0.5, 0.6) is 5.75 Å². The third kappa shape index (κ3) is 5.40. The fourth-order valence-electron chi connectivity index (χ4n) is 2.73. The second kappa shape index (κ2) is 9.14. The van der Waals surface area contributed by atoms with Crippen LogP contribution in [0, 0.1) is 0 Å². The number of amides is 1. The summed E-state index contributed by atoms with van der Waals surface area (Å²) in [6.45, 7) is 1.78. The minimum Gasteiger partial charge on any atom is -0.497 e. The molecule has 146 valence electrons. The van der Waals surface area contributed by atoms with Crippen molar-refractivity contribution in [1.29, 1.82) is 0 Å². The van der Waals surface area contributed by atoms with Crippen LogP contribution in [0.2, 0.25) is 0 Å². The van der Waals surface area contributed by atoms with Crippen LogP contribution in [0.4, 0.5) is 11.4 Å². The molecule has 0 spiro atoms. The van der Waals surface area contributed by atoms with Gasteiger partial charge in [-0.25, -0.2) is 8.42 Å². The second-order valence-electron chi connectivity index (χ2n) is 5.91. The molecule has 0 saturated carbocycles. The van der Waals surface area contributed by atoms with Gasteiger partial charge in [0.15, 0.2) is 0 Å². The van der Waals surface area contributed by atoms with Gasteiger partial charge in [-0.05, 0) is 43.0 Å². The number of rotatable bonds is 8. The lowest BCUT2D eigenvalue weighted by Gasteiger charge is -2.30. The average molecular weight is 409 g/mol. The summed E-state index contributed by atoms with van der Waals surface area (Å²) in [4.78, 5) is 13.9. The van der Waals surface area contributed by atoms with Gasteiger partial charge in [-0.2, -0.15) is 0 Å². The number of benzene rings is 2. The molecule has 1 amide bonds. The third-order valence-electron chi connectivity index (χ3n) is 3.97. The molecule has 0 heterocycles. The number of thioether (sulfide) groups is 1. The fourth-order valence-corrected chi connectivity index (χ4v) is 4.40. The maximum atomic E-state index is 12.9. The van der Waals surface area contributed by atoms with Crippen LogP contribution >= 0.6 is 11.8 Å². The van der Waals surface area contributed by atoms with Gasteiger partial charge in [-0.3, -0.25) is 9.10 Å². The maximum absolute atomic E-state index is 12.9. The van der Waals surface area contributed by atoms with E-state index in [1.807, 2.05) is 24.5 Å². The molecule has 0 aliphatic rings. The van der Waals surface area contributed by atoms with Gasteiger partial charge in [0.2, 0.25) is 15.9 Å². The molecule has 0 saturated heterocycles. The van der Waals surface area contributed by atoms with E-state index >= 15 is 0 Å². The smallest absolute Gasteiger partial charge is 0.248 e. The highest BCUT2D eigenvalue weighted by atomic mass is 32.2. The summed E-state index contributed by atoms with van der Waals surface area (Å²) < 4.78 is 31.3. The number of anilines is 2. The number of sulfonamides is 1. The zero-order valence-corrected chi connectivity index (χ0v) is 17.4. The van der Waals surface area contributed by atoms with Crippen molar-refractivity contribution in [2.45, 2.75) is 24.3 Å². The highest BCUT2D eigenvalue weighted by Gasteiger charge is 2.31. The first-order chi connectivity index (χ1) is 12.8. The summed E-state index contributed by atoms with van der Waals surface area (Å²) in [5, 5.41) is 2.83. The summed E-state index contributed by atoms with van der Waals surface area (Å²) in [6.07, 6.45) is 3.36. The molecule has 1 N–H and O–H groups in total. The molecule has 8 heteroatoms. The summed E-state index contributed by atoms with van der Waals surface area (Å²) in [7, 11) is -2.18. The maximum Gasteiger partial charge on any atom is 0.248 e. The monoisotopic (exact) mass is 408 g/mol. The van der Waals surface area contributed by atoms with Gasteiger partial charge in [0.05, 0.1) is 19.1 Å². The zero-order valence-electron chi connectivity index (χ0n) is 15.8. The molecule has 0 aliphatic heterocycles. The first-order valence-electron chi connectivity index (χ1n) is 8.38. The van der Waals surface area contributed by atoms with Gasteiger partial charge in [-0.15, -0.1) is 11.8 Å². The summed E-state index contributed by atoms with van der Waals surface area (Å²) in [6, 6.07) is 13.2. The van der Waals surface area contributed by atoms with Crippen LogP contribution < -0.4 is 14.4 Å². The van der Waals surface area contributed by atoms with Gasteiger partial charge >= 0.3 is 0 Å². The molecule has 27 heavy (non-hydrogen) atoms. The van der Waals surface area contributed by atoms with Gasteiger partial charge in [0, 0.05) is 16.6 Å². The molecule has 0 aliphatic carbocycles. The molecule has 0 radical (unpaired) electrons. The Bertz CT molecular complexity index is 900. The fraction of sp³-hybridized carbons (Fsp3) is 0.316. The van der Waals surface area contributed by atoms with E-state index in [1.165, 1.54) is 7.11 Å². The van der Waals surface area contributed by atoms with E-state index in [-0.39, 0.29) is 5.91 Å². The van der Waals surface area contributed by atoms with Gasteiger partial charge in [0.25, 0.3) is 0 Å². The van der Waals surface area contributed by atoms with Crippen molar-refractivity contribution < 1.29 is 17.9 Å². The Labute approximate surface area is 165 Å². The Hall–Kier alpha value is -2.19. The quantitative estimate of drug-likeness (QED) is 0.676. The van der Waals surface area contributed by atoms with E-state index in [1.54, 1.807) is 49.0 Å². The molecule has 0 fully saturated rings. The minimum atomic E-state index is -3.69. The number of hydrogen-bond acceptors (Lipinski definition) is 5. The summed E-state index contributed by atoms with van der Waals surface area (Å²) in [5.74, 6) is 0.132. The lowest BCUT2D eigenvalue weighted by molar-refractivity contribution is -0.117. The number of carbonyl (C=O) groups excluding carboxylic acids is 1. The van der Waals surface area contributed by atoms with Crippen molar-refractivity contribution in [3.8, 4) is 5.75 Å². The minimum absolute atomic E-state index is 0.318. The van der Waals surface area contributed by atoms with Crippen molar-refractivity contribution in [1.82, 2.24) is 0 Å². The molecule has 0 unspecified atom stereocenters. The van der Waals surface area contributed by atoms with Crippen LogP contribution in [-0.2, 0) is 14.8 Å². The van der Waals surface area contributed by atoms with Crippen molar-refractivity contribution in [2.75, 3.05) is 29.2 Å². The number of methoxy groups -OCH3 is 1. The highest BCUT2D eigenvalue weighted by Crippen LogP contribution is 2.27. The van der Waals surface area contributed by atoms with E-state index in [4.69, 9.17) is 4.74 Å². The number of hydrogen-bond donors (Lipinski definition) is 1. The SMILES string of the molecule is CC[C@@H](C(=O)Nc1cccc(SC)c1)N(c1cccc(OC)c1)S(C)(=O)=O. The Kier molecular flexibility index (Phi) is 7.15. The van der Waals surface area contributed by atoms with Gasteiger partial charge < -0.3 is 10.1 Å². The molecule has 2 rings (SSSR count). The Morgan fingerprint density at radius 2 is 1.93 bits per heavy atom. The van der Waals surface area contributed by atoms with Gasteiger partial charge in [-0.1, -0.05) is 19.1 Å². The predicted octanol–water partition coefficient (Wildman–Crippen LogP) is 3.60. The van der Waals surface area contributed by atoms with Crippen LogP contribution in [0.1, 0.15) is 13.3 Å². The molecule has 1 atom stereocenters. The van der Waals surface area contributed by atoms with Crippen LogP contribution in [0.25, 0.3) is 0 Å². The molecule has 2 aromatic rings. The Morgan fingerprint density at radius 1 is 1.22 bits per heavy atom. The van der Waals surface area contributed by atoms with E-state index in [2.05, 4.69) is 5.32 Å². The van der Waals surface area contributed by atoms with Crippen molar-refractivity contribution in [3.05, 3.63) is 48.5 Å². The number of ether oxygens (including phenoxy) is 1. The van der Waals surface area contributed by atoms with Crippen molar-refractivity contribution in [3.63, 3.8) is 0 Å². The van der Waals surface area contributed by atoms with E-state index < -0.39 is 16.1 Å².